The highest BCUT2D eigenvalue weighted by atomic mass is 16.5. The molecule has 0 bridgehead atoms. The highest BCUT2D eigenvalue weighted by molar-refractivity contribution is 5.57. The van der Waals surface area contributed by atoms with E-state index in [-0.39, 0.29) is 6.04 Å². The molecule has 0 amide bonds. The van der Waals surface area contributed by atoms with Gasteiger partial charge in [-0.15, -0.1) is 0 Å². The maximum absolute atomic E-state index is 5.47. The molecule has 1 unspecified atom stereocenters. The zero-order chi connectivity index (χ0) is 14.7. The van der Waals surface area contributed by atoms with Crippen molar-refractivity contribution in [2.75, 3.05) is 7.05 Å². The molecule has 0 aliphatic carbocycles. The summed E-state index contributed by atoms with van der Waals surface area (Å²) in [4.78, 5) is 8.72. The maximum Gasteiger partial charge on any atom is 0.279 e. The van der Waals surface area contributed by atoms with Crippen LogP contribution in [0.1, 0.15) is 12.7 Å². The third-order valence-electron chi connectivity index (χ3n) is 3.19. The summed E-state index contributed by atoms with van der Waals surface area (Å²) in [5.74, 6) is 1.56. The quantitative estimate of drug-likeness (QED) is 0.776. The summed E-state index contributed by atoms with van der Waals surface area (Å²) in [7, 11) is 1.90. The zero-order valence-corrected chi connectivity index (χ0v) is 11.9. The van der Waals surface area contributed by atoms with E-state index in [9.17, 15) is 0 Å². The summed E-state index contributed by atoms with van der Waals surface area (Å²) in [6.45, 7) is 2.06. The van der Waals surface area contributed by atoms with Gasteiger partial charge in [-0.3, -0.25) is 0 Å². The Labute approximate surface area is 122 Å². The lowest BCUT2D eigenvalue weighted by Gasteiger charge is -2.04. The number of nitrogens with one attached hydrogen (secondary N) is 1. The second kappa shape index (κ2) is 5.88. The Bertz CT molecular complexity index is 705. The molecule has 0 saturated carbocycles. The predicted molar refractivity (Wildman–Crippen MR) is 77.5 cm³/mol. The molecule has 0 radical (unpaired) electrons. The zero-order valence-electron chi connectivity index (χ0n) is 11.9. The second-order valence-electron chi connectivity index (χ2n) is 4.81. The van der Waals surface area contributed by atoms with Crippen LogP contribution in [-0.2, 0) is 6.42 Å². The van der Waals surface area contributed by atoms with E-state index >= 15 is 0 Å². The van der Waals surface area contributed by atoms with E-state index < -0.39 is 0 Å². The van der Waals surface area contributed by atoms with Crippen LogP contribution in [0.15, 0.2) is 45.5 Å². The second-order valence-corrected chi connectivity index (χ2v) is 4.81. The molecule has 0 spiro atoms. The molecule has 2 heterocycles. The molecule has 3 aromatic rings. The maximum atomic E-state index is 5.47. The molecule has 1 atom stereocenters. The topological polar surface area (TPSA) is 77.0 Å². The Morgan fingerprint density at radius 1 is 1.14 bits per heavy atom. The largest absolute Gasteiger partial charge is 0.444 e. The highest BCUT2D eigenvalue weighted by Gasteiger charge is 2.15. The van der Waals surface area contributed by atoms with E-state index in [0.717, 1.165) is 5.56 Å². The van der Waals surface area contributed by atoms with Crippen molar-refractivity contribution in [2.45, 2.75) is 19.4 Å². The SMILES string of the molecule is CNC(C)Cc1noc(-c2coc(-c3ccccc3)n2)n1. The minimum atomic E-state index is 0.285. The first-order valence-corrected chi connectivity index (χ1v) is 6.77. The monoisotopic (exact) mass is 284 g/mol. The van der Waals surface area contributed by atoms with Gasteiger partial charge in [0.25, 0.3) is 5.89 Å². The van der Waals surface area contributed by atoms with Gasteiger partial charge in [-0.05, 0) is 26.1 Å². The molecule has 0 saturated heterocycles. The number of rotatable bonds is 5. The first kappa shape index (κ1) is 13.5. The molecule has 1 N–H and O–H groups in total. The number of aromatic nitrogens is 3. The molecular weight excluding hydrogens is 268 g/mol. The highest BCUT2D eigenvalue weighted by Crippen LogP contribution is 2.23. The fraction of sp³-hybridized carbons (Fsp3) is 0.267. The van der Waals surface area contributed by atoms with Crippen LogP contribution in [0.3, 0.4) is 0 Å². The molecule has 21 heavy (non-hydrogen) atoms. The number of hydrogen-bond acceptors (Lipinski definition) is 6. The average molecular weight is 284 g/mol. The van der Waals surface area contributed by atoms with Gasteiger partial charge in [0, 0.05) is 18.0 Å². The Balaban J connectivity index is 1.80. The minimum absolute atomic E-state index is 0.285. The first-order valence-electron chi connectivity index (χ1n) is 6.77. The Morgan fingerprint density at radius 2 is 1.95 bits per heavy atom. The Morgan fingerprint density at radius 3 is 2.71 bits per heavy atom. The van der Waals surface area contributed by atoms with Crippen LogP contribution in [0.5, 0.6) is 0 Å². The van der Waals surface area contributed by atoms with Crippen LogP contribution in [0.25, 0.3) is 23.0 Å². The van der Waals surface area contributed by atoms with Crippen LogP contribution in [-0.4, -0.2) is 28.2 Å². The lowest BCUT2D eigenvalue weighted by atomic mass is 10.2. The van der Waals surface area contributed by atoms with E-state index in [1.165, 1.54) is 6.26 Å². The fourth-order valence-corrected chi connectivity index (χ4v) is 1.90. The van der Waals surface area contributed by atoms with Crippen LogP contribution in [0, 0.1) is 0 Å². The summed E-state index contributed by atoms with van der Waals surface area (Å²) in [6.07, 6.45) is 2.23. The van der Waals surface area contributed by atoms with Crippen molar-refractivity contribution in [3.63, 3.8) is 0 Å². The van der Waals surface area contributed by atoms with Crippen LogP contribution in [0.4, 0.5) is 0 Å². The minimum Gasteiger partial charge on any atom is -0.444 e. The smallest absolute Gasteiger partial charge is 0.279 e. The van der Waals surface area contributed by atoms with Gasteiger partial charge in [0.1, 0.15) is 6.26 Å². The van der Waals surface area contributed by atoms with Gasteiger partial charge >= 0.3 is 0 Å². The van der Waals surface area contributed by atoms with E-state index in [1.54, 1.807) is 0 Å². The van der Waals surface area contributed by atoms with Crippen molar-refractivity contribution in [3.05, 3.63) is 42.4 Å². The molecule has 1 aromatic carbocycles. The summed E-state index contributed by atoms with van der Waals surface area (Å²) < 4.78 is 10.7. The molecule has 0 aliphatic rings. The van der Waals surface area contributed by atoms with Gasteiger partial charge in [-0.2, -0.15) is 4.98 Å². The van der Waals surface area contributed by atoms with E-state index in [0.29, 0.717) is 29.7 Å². The number of oxazole rings is 1. The summed E-state index contributed by atoms with van der Waals surface area (Å²) in [5.41, 5.74) is 1.46. The van der Waals surface area contributed by atoms with Crippen molar-refractivity contribution in [1.29, 1.82) is 0 Å². The standard InChI is InChI=1S/C15H16N4O2/c1-10(16-2)8-13-18-15(21-19-13)12-9-20-14(17-12)11-6-4-3-5-7-11/h3-7,9-10,16H,8H2,1-2H3. The third-order valence-corrected chi connectivity index (χ3v) is 3.19. The summed E-state index contributed by atoms with van der Waals surface area (Å²) in [6, 6.07) is 9.97. The number of hydrogen-bond donors (Lipinski definition) is 1. The number of nitrogens with zero attached hydrogens (tertiary/aromatic N) is 3. The van der Waals surface area contributed by atoms with E-state index in [2.05, 4.69) is 27.4 Å². The van der Waals surface area contributed by atoms with Crippen LogP contribution >= 0.6 is 0 Å². The summed E-state index contributed by atoms with van der Waals surface area (Å²) in [5, 5.41) is 7.09. The molecule has 0 fully saturated rings. The van der Waals surface area contributed by atoms with E-state index in [1.807, 2.05) is 37.4 Å². The molecule has 6 heteroatoms. The van der Waals surface area contributed by atoms with Crippen molar-refractivity contribution in [3.8, 4) is 23.0 Å². The molecule has 2 aromatic heterocycles. The molecule has 0 aliphatic heterocycles. The van der Waals surface area contributed by atoms with Gasteiger partial charge in [-0.25, -0.2) is 4.98 Å². The van der Waals surface area contributed by atoms with Gasteiger partial charge < -0.3 is 14.3 Å². The van der Waals surface area contributed by atoms with Gasteiger partial charge in [0.15, 0.2) is 11.5 Å². The molecule has 3 rings (SSSR count). The predicted octanol–water partition coefficient (Wildman–Crippen LogP) is 2.54. The third kappa shape index (κ3) is 3.00. The lowest BCUT2D eigenvalue weighted by molar-refractivity contribution is 0.417. The molecule has 6 nitrogen and oxygen atoms in total. The van der Waals surface area contributed by atoms with Crippen LogP contribution < -0.4 is 5.32 Å². The van der Waals surface area contributed by atoms with Gasteiger partial charge in [0.2, 0.25) is 5.89 Å². The van der Waals surface area contributed by atoms with Crippen LogP contribution in [0.2, 0.25) is 0 Å². The normalized spacial score (nSPS) is 12.5. The Kier molecular flexibility index (Phi) is 3.79. The average Bonchev–Trinajstić information content (AvgIpc) is 3.17. The summed E-state index contributed by atoms with van der Waals surface area (Å²) >= 11 is 0. The molecular formula is C15H16N4O2. The van der Waals surface area contributed by atoms with Gasteiger partial charge in [0.05, 0.1) is 0 Å². The number of benzene rings is 1. The number of likely N-dealkylation sites (N-methyl/N-ethyl adjacent to an activating group) is 1. The van der Waals surface area contributed by atoms with Gasteiger partial charge in [-0.1, -0.05) is 23.4 Å². The van der Waals surface area contributed by atoms with Crippen molar-refractivity contribution < 1.29 is 8.94 Å². The fourth-order valence-electron chi connectivity index (χ4n) is 1.90. The van der Waals surface area contributed by atoms with Crippen molar-refractivity contribution in [1.82, 2.24) is 20.4 Å². The molecule has 108 valence electrons. The van der Waals surface area contributed by atoms with E-state index in [4.69, 9.17) is 8.94 Å². The lowest BCUT2D eigenvalue weighted by Crippen LogP contribution is -2.24. The Hall–Kier alpha value is -2.47. The van der Waals surface area contributed by atoms with Crippen molar-refractivity contribution in [2.24, 2.45) is 0 Å². The first-order chi connectivity index (χ1) is 10.3. The van der Waals surface area contributed by atoms with Crippen molar-refractivity contribution >= 4 is 0 Å².